The van der Waals surface area contributed by atoms with Gasteiger partial charge in [0.05, 0.1) is 20.6 Å². The van der Waals surface area contributed by atoms with Gasteiger partial charge in [0, 0.05) is 6.92 Å². The molecule has 0 unspecified atom stereocenters. The molecule has 1 aromatic heterocycles. The second kappa shape index (κ2) is 7.59. The molecule has 0 bridgehead atoms. The molecule has 0 aliphatic carbocycles. The highest BCUT2D eigenvalue weighted by Crippen LogP contribution is 2.25. The van der Waals surface area contributed by atoms with Gasteiger partial charge >= 0.3 is 0 Å². The van der Waals surface area contributed by atoms with Crippen LogP contribution in [0.5, 0.6) is 0 Å². The molecule has 0 spiro atoms. The van der Waals surface area contributed by atoms with Gasteiger partial charge in [0.1, 0.15) is 0 Å². The monoisotopic (exact) mass is 369 g/mol. The van der Waals surface area contributed by atoms with Gasteiger partial charge in [-0.25, -0.2) is 4.98 Å². The van der Waals surface area contributed by atoms with Crippen molar-refractivity contribution in [2.45, 2.75) is 13.8 Å². The van der Waals surface area contributed by atoms with Crippen molar-refractivity contribution in [2.75, 3.05) is 5.43 Å². The Hall–Kier alpha value is -1.89. The zero-order chi connectivity index (χ0) is 17.0. The minimum Gasteiger partial charge on any atom is -0.288 e. The van der Waals surface area contributed by atoms with Crippen molar-refractivity contribution >= 4 is 57.4 Å². The summed E-state index contributed by atoms with van der Waals surface area (Å²) in [4.78, 5) is 27.8. The Morgan fingerprint density at radius 1 is 1.26 bits per heavy atom. The average molecular weight is 370 g/mol. The number of thiazole rings is 1. The molecule has 23 heavy (non-hydrogen) atoms. The molecule has 120 valence electrons. The van der Waals surface area contributed by atoms with Crippen LogP contribution in [-0.2, 0) is 4.79 Å². The number of rotatable bonds is 5. The Bertz CT molecular complexity index is 787. The lowest BCUT2D eigenvalue weighted by molar-refractivity contribution is -0.118. The summed E-state index contributed by atoms with van der Waals surface area (Å²) in [6.07, 6.45) is 3.10. The van der Waals surface area contributed by atoms with Crippen LogP contribution in [0.3, 0.4) is 0 Å². The van der Waals surface area contributed by atoms with Crippen molar-refractivity contribution in [3.05, 3.63) is 50.5 Å². The van der Waals surface area contributed by atoms with Gasteiger partial charge in [-0.1, -0.05) is 46.7 Å². The van der Waals surface area contributed by atoms with Gasteiger partial charge in [0.2, 0.25) is 11.0 Å². The predicted molar refractivity (Wildman–Crippen MR) is 94.1 cm³/mol. The quantitative estimate of drug-likeness (QED) is 0.472. The van der Waals surface area contributed by atoms with Gasteiger partial charge in [-0.3, -0.25) is 20.4 Å². The second-order valence-corrected chi connectivity index (χ2v) is 6.42. The van der Waals surface area contributed by atoms with E-state index in [0.29, 0.717) is 25.7 Å². The number of hydrogen-bond acceptors (Lipinski definition) is 5. The van der Waals surface area contributed by atoms with Crippen LogP contribution in [0.25, 0.3) is 6.08 Å². The smallest absolute Gasteiger partial charge is 0.235 e. The van der Waals surface area contributed by atoms with E-state index >= 15 is 0 Å². The number of benzene rings is 1. The number of allylic oxidation sites excluding steroid dienone is 1. The lowest BCUT2D eigenvalue weighted by Gasteiger charge is -1.99. The van der Waals surface area contributed by atoms with Crippen LogP contribution in [0.1, 0.15) is 27.9 Å². The third-order valence-electron chi connectivity index (χ3n) is 2.74. The van der Waals surface area contributed by atoms with Crippen molar-refractivity contribution < 1.29 is 9.59 Å². The maximum atomic E-state index is 12.3. The average Bonchev–Trinajstić information content (AvgIpc) is 2.87. The number of nitrogens with zero attached hydrogens (tertiary/aromatic N) is 1. The molecule has 5 nitrogen and oxygen atoms in total. The first kappa shape index (κ1) is 17.5. The number of hydrazine groups is 1. The van der Waals surface area contributed by atoms with Crippen LogP contribution >= 0.6 is 34.5 Å². The Balaban J connectivity index is 2.12. The number of carbonyl (C=O) groups is 2. The molecule has 0 aliphatic rings. The van der Waals surface area contributed by atoms with E-state index in [1.807, 2.05) is 0 Å². The van der Waals surface area contributed by atoms with Gasteiger partial charge in [-0.2, -0.15) is 0 Å². The van der Waals surface area contributed by atoms with E-state index in [0.717, 1.165) is 5.56 Å². The van der Waals surface area contributed by atoms with Gasteiger partial charge in [0.25, 0.3) is 0 Å². The van der Waals surface area contributed by atoms with Crippen LogP contribution in [0.15, 0.2) is 24.3 Å². The molecule has 0 fully saturated rings. The third-order valence-corrected chi connectivity index (χ3v) is 4.56. The molecular weight excluding hydrogens is 357 g/mol. The minimum absolute atomic E-state index is 0.179. The zero-order valence-electron chi connectivity index (χ0n) is 12.3. The molecule has 2 rings (SSSR count). The van der Waals surface area contributed by atoms with E-state index in [9.17, 15) is 9.59 Å². The van der Waals surface area contributed by atoms with Crippen molar-refractivity contribution in [3.63, 3.8) is 0 Å². The minimum atomic E-state index is -0.245. The van der Waals surface area contributed by atoms with Gasteiger partial charge in [-0.15, -0.1) is 0 Å². The number of hydrogen-bond donors (Lipinski definition) is 2. The van der Waals surface area contributed by atoms with Crippen molar-refractivity contribution in [2.24, 2.45) is 0 Å². The van der Waals surface area contributed by atoms with E-state index in [1.165, 1.54) is 24.3 Å². The normalized spacial score (nSPS) is 10.8. The summed E-state index contributed by atoms with van der Waals surface area (Å²) in [5.74, 6) is -0.424. The first-order chi connectivity index (χ1) is 10.9. The highest BCUT2D eigenvalue weighted by molar-refractivity contribution is 7.17. The number of amides is 1. The van der Waals surface area contributed by atoms with Crippen molar-refractivity contribution in [3.8, 4) is 0 Å². The molecule has 2 aromatic rings. The summed E-state index contributed by atoms with van der Waals surface area (Å²) < 4.78 is 0. The largest absolute Gasteiger partial charge is 0.288 e. The summed E-state index contributed by atoms with van der Waals surface area (Å²) in [6.45, 7) is 3.11. The number of halogens is 2. The first-order valence-corrected chi connectivity index (χ1v) is 8.11. The number of aryl methyl sites for hydroxylation is 1. The fourth-order valence-corrected chi connectivity index (χ4v) is 2.83. The van der Waals surface area contributed by atoms with E-state index in [4.69, 9.17) is 23.2 Å². The topological polar surface area (TPSA) is 71.1 Å². The fraction of sp³-hybridized carbons (Fsp3) is 0.133. The van der Waals surface area contributed by atoms with Crippen LogP contribution < -0.4 is 10.9 Å². The number of carbonyl (C=O) groups excluding carboxylic acids is 2. The highest BCUT2D eigenvalue weighted by atomic mass is 35.5. The molecule has 0 saturated carbocycles. The molecule has 0 atom stereocenters. The Morgan fingerprint density at radius 2 is 2.00 bits per heavy atom. The molecule has 1 aromatic carbocycles. The zero-order valence-corrected chi connectivity index (χ0v) is 14.6. The third kappa shape index (κ3) is 4.79. The van der Waals surface area contributed by atoms with Crippen LogP contribution in [-0.4, -0.2) is 16.7 Å². The van der Waals surface area contributed by atoms with E-state index in [1.54, 1.807) is 31.2 Å². The van der Waals surface area contributed by atoms with Crippen LogP contribution in [0.2, 0.25) is 10.0 Å². The van der Waals surface area contributed by atoms with E-state index < -0.39 is 0 Å². The molecule has 0 saturated heterocycles. The number of aromatic nitrogens is 1. The Morgan fingerprint density at radius 3 is 2.65 bits per heavy atom. The molecule has 1 heterocycles. The maximum absolute atomic E-state index is 12.3. The highest BCUT2D eigenvalue weighted by Gasteiger charge is 2.13. The predicted octanol–water partition coefficient (Wildman–Crippen LogP) is 4.12. The van der Waals surface area contributed by atoms with Crippen molar-refractivity contribution in [1.29, 1.82) is 0 Å². The van der Waals surface area contributed by atoms with Crippen molar-refractivity contribution in [1.82, 2.24) is 10.4 Å². The summed E-state index contributed by atoms with van der Waals surface area (Å²) in [6, 6.07) is 5.11. The summed E-state index contributed by atoms with van der Waals surface area (Å²) in [5, 5.41) is 1.34. The second-order valence-electron chi connectivity index (χ2n) is 4.61. The summed E-state index contributed by atoms with van der Waals surface area (Å²) >= 11 is 12.9. The molecule has 8 heteroatoms. The lowest BCUT2D eigenvalue weighted by Crippen LogP contribution is -2.26. The number of ketones is 1. The number of anilines is 1. The fourth-order valence-electron chi connectivity index (χ4n) is 1.68. The standard InChI is InChI=1S/C15H13Cl2N3O2S/c1-8-14(23-15(18-8)20-19-9(2)21)13(22)6-4-10-3-5-11(16)12(17)7-10/h3-7H,1-2H3,(H,18,20)(H,19,21). The Kier molecular flexibility index (Phi) is 5.76. The SMILES string of the molecule is CC(=O)NNc1nc(C)c(C(=O)C=Cc2ccc(Cl)c(Cl)c2)s1. The lowest BCUT2D eigenvalue weighted by atomic mass is 10.2. The summed E-state index contributed by atoms with van der Waals surface area (Å²) in [5.41, 5.74) is 6.42. The molecule has 0 aliphatic heterocycles. The summed E-state index contributed by atoms with van der Waals surface area (Å²) in [7, 11) is 0. The Labute approximate surface area is 147 Å². The van der Waals surface area contributed by atoms with Crippen LogP contribution in [0, 0.1) is 6.92 Å². The van der Waals surface area contributed by atoms with Gasteiger partial charge in [0.15, 0.2) is 5.78 Å². The van der Waals surface area contributed by atoms with Gasteiger partial charge < -0.3 is 0 Å². The molecule has 1 amide bonds. The van der Waals surface area contributed by atoms with E-state index in [2.05, 4.69) is 15.8 Å². The van der Waals surface area contributed by atoms with Gasteiger partial charge in [-0.05, 0) is 30.7 Å². The number of nitrogens with one attached hydrogen (secondary N) is 2. The maximum Gasteiger partial charge on any atom is 0.235 e. The first-order valence-electron chi connectivity index (χ1n) is 6.54. The molecular formula is C15H13Cl2N3O2S. The van der Waals surface area contributed by atoms with E-state index in [-0.39, 0.29) is 11.7 Å². The molecule has 2 N–H and O–H groups in total. The molecule has 0 radical (unpaired) electrons. The van der Waals surface area contributed by atoms with Crippen LogP contribution in [0.4, 0.5) is 5.13 Å².